The molecule has 0 heterocycles. The van der Waals surface area contributed by atoms with E-state index in [1.807, 2.05) is 31.2 Å². The number of guanidine groups is 1. The van der Waals surface area contributed by atoms with Crippen LogP contribution in [0.1, 0.15) is 19.8 Å². The number of aliphatic imine (C=N–C) groups is 1. The van der Waals surface area contributed by atoms with Gasteiger partial charge in [-0.1, -0.05) is 6.07 Å². The van der Waals surface area contributed by atoms with Crippen LogP contribution in [-0.2, 0) is 4.74 Å². The number of ether oxygens (including phenoxy) is 2. The average Bonchev–Trinajstić information content (AvgIpc) is 2.52. The Bertz CT molecular complexity index is 441. The van der Waals surface area contributed by atoms with Crippen molar-refractivity contribution in [2.45, 2.75) is 19.8 Å². The van der Waals surface area contributed by atoms with E-state index in [1.165, 1.54) is 0 Å². The Balaban J connectivity index is 2.56. The maximum atomic E-state index is 12.1. The van der Waals surface area contributed by atoms with Gasteiger partial charge >= 0.3 is 0 Å². The highest BCUT2D eigenvalue weighted by molar-refractivity contribution is 5.93. The molecule has 22 heavy (non-hydrogen) atoms. The molecular weight excluding hydrogens is 285 g/mol. The summed E-state index contributed by atoms with van der Waals surface area (Å²) < 4.78 is 22.8. The van der Waals surface area contributed by atoms with Crippen molar-refractivity contribution in [2.24, 2.45) is 4.99 Å². The summed E-state index contributed by atoms with van der Waals surface area (Å²) in [5.41, 5.74) is 0.879. The Morgan fingerprint density at radius 3 is 2.86 bits per heavy atom. The van der Waals surface area contributed by atoms with Crippen LogP contribution in [0.15, 0.2) is 29.3 Å². The van der Waals surface area contributed by atoms with E-state index < -0.39 is 0 Å². The van der Waals surface area contributed by atoms with Crippen molar-refractivity contribution >= 4 is 11.6 Å². The van der Waals surface area contributed by atoms with Gasteiger partial charge in [-0.05, 0) is 25.5 Å². The van der Waals surface area contributed by atoms with E-state index in [9.17, 15) is 4.39 Å². The lowest BCUT2D eigenvalue weighted by Gasteiger charge is -2.12. The molecule has 0 saturated carbocycles. The van der Waals surface area contributed by atoms with Crippen LogP contribution in [-0.4, -0.2) is 46.0 Å². The van der Waals surface area contributed by atoms with Crippen LogP contribution in [0.25, 0.3) is 0 Å². The molecule has 0 radical (unpaired) electrons. The molecule has 2 N–H and O–H groups in total. The molecule has 0 bridgehead atoms. The van der Waals surface area contributed by atoms with Crippen LogP contribution >= 0.6 is 0 Å². The van der Waals surface area contributed by atoms with Gasteiger partial charge in [0, 0.05) is 45.0 Å². The summed E-state index contributed by atoms with van der Waals surface area (Å²) in [5.74, 6) is 1.44. The number of anilines is 1. The molecule has 0 aromatic heterocycles. The zero-order valence-electron chi connectivity index (χ0n) is 13.4. The molecule has 124 valence electrons. The maximum absolute atomic E-state index is 12.1. The van der Waals surface area contributed by atoms with E-state index in [4.69, 9.17) is 9.47 Å². The third-order valence-corrected chi connectivity index (χ3v) is 2.76. The van der Waals surface area contributed by atoms with Crippen LogP contribution < -0.4 is 15.4 Å². The molecule has 0 spiro atoms. The highest BCUT2D eigenvalue weighted by Crippen LogP contribution is 2.17. The van der Waals surface area contributed by atoms with E-state index in [0.29, 0.717) is 32.1 Å². The third-order valence-electron chi connectivity index (χ3n) is 2.76. The number of hydrogen-bond acceptors (Lipinski definition) is 3. The second-order valence-corrected chi connectivity index (χ2v) is 4.65. The summed E-state index contributed by atoms with van der Waals surface area (Å²) in [6.45, 7) is 4.13. The number of nitrogens with zero attached hydrogens (tertiary/aromatic N) is 1. The van der Waals surface area contributed by atoms with Gasteiger partial charge in [0.1, 0.15) is 5.75 Å². The van der Waals surface area contributed by atoms with Gasteiger partial charge in [-0.3, -0.25) is 9.38 Å². The number of alkyl halides is 1. The van der Waals surface area contributed by atoms with E-state index in [2.05, 4.69) is 15.6 Å². The van der Waals surface area contributed by atoms with E-state index in [-0.39, 0.29) is 6.67 Å². The predicted octanol–water partition coefficient (Wildman–Crippen LogP) is 2.84. The molecule has 1 aromatic rings. The molecule has 0 amide bonds. The lowest BCUT2D eigenvalue weighted by molar-refractivity contribution is 0.172. The summed E-state index contributed by atoms with van der Waals surface area (Å²) in [5, 5.41) is 6.32. The van der Waals surface area contributed by atoms with Crippen molar-refractivity contribution in [1.82, 2.24) is 5.32 Å². The molecule has 1 aromatic carbocycles. The fraction of sp³-hybridized carbons (Fsp3) is 0.562. The van der Waals surface area contributed by atoms with E-state index in [0.717, 1.165) is 24.4 Å². The highest BCUT2D eigenvalue weighted by Gasteiger charge is 2.01. The van der Waals surface area contributed by atoms with Crippen LogP contribution in [0.5, 0.6) is 5.75 Å². The first-order valence-electron chi connectivity index (χ1n) is 7.63. The molecular formula is C16H26FN3O2. The van der Waals surface area contributed by atoms with Crippen LogP contribution in [0.2, 0.25) is 0 Å². The minimum atomic E-state index is -0.353. The summed E-state index contributed by atoms with van der Waals surface area (Å²) >= 11 is 0. The van der Waals surface area contributed by atoms with Gasteiger partial charge in [0.25, 0.3) is 0 Å². The maximum Gasteiger partial charge on any atom is 0.195 e. The van der Waals surface area contributed by atoms with Crippen molar-refractivity contribution in [3.8, 4) is 5.75 Å². The quantitative estimate of drug-likeness (QED) is 0.396. The molecule has 0 unspecified atom stereocenters. The lowest BCUT2D eigenvalue weighted by Crippen LogP contribution is -2.30. The highest BCUT2D eigenvalue weighted by atomic mass is 19.1. The zero-order valence-corrected chi connectivity index (χ0v) is 13.4. The van der Waals surface area contributed by atoms with E-state index >= 15 is 0 Å². The molecule has 0 aliphatic carbocycles. The molecule has 0 saturated heterocycles. The van der Waals surface area contributed by atoms with Crippen LogP contribution in [0.3, 0.4) is 0 Å². The van der Waals surface area contributed by atoms with Crippen molar-refractivity contribution in [3.05, 3.63) is 24.3 Å². The number of methoxy groups -OCH3 is 1. The predicted molar refractivity (Wildman–Crippen MR) is 88.6 cm³/mol. The molecule has 5 nitrogen and oxygen atoms in total. The summed E-state index contributed by atoms with van der Waals surface area (Å²) in [7, 11) is 1.68. The van der Waals surface area contributed by atoms with Crippen molar-refractivity contribution in [2.75, 3.05) is 45.4 Å². The Morgan fingerprint density at radius 2 is 2.14 bits per heavy atom. The number of benzene rings is 1. The second kappa shape index (κ2) is 11.8. The van der Waals surface area contributed by atoms with Crippen molar-refractivity contribution < 1.29 is 13.9 Å². The van der Waals surface area contributed by atoms with Gasteiger partial charge in [-0.15, -0.1) is 0 Å². The van der Waals surface area contributed by atoms with Crippen LogP contribution in [0, 0.1) is 0 Å². The first-order valence-corrected chi connectivity index (χ1v) is 7.63. The van der Waals surface area contributed by atoms with Gasteiger partial charge in [0.15, 0.2) is 5.96 Å². The first-order chi connectivity index (χ1) is 10.8. The van der Waals surface area contributed by atoms with Gasteiger partial charge in [0.2, 0.25) is 0 Å². The van der Waals surface area contributed by atoms with Gasteiger partial charge < -0.3 is 20.1 Å². The second-order valence-electron chi connectivity index (χ2n) is 4.65. The average molecular weight is 311 g/mol. The fourth-order valence-electron chi connectivity index (χ4n) is 1.75. The summed E-state index contributed by atoms with van der Waals surface area (Å²) in [4.78, 5) is 4.31. The Morgan fingerprint density at radius 1 is 1.27 bits per heavy atom. The molecule has 0 aliphatic heterocycles. The Hall–Kier alpha value is -1.82. The number of nitrogens with one attached hydrogen (secondary N) is 2. The fourth-order valence-corrected chi connectivity index (χ4v) is 1.75. The number of hydrogen-bond donors (Lipinski definition) is 2. The SMILES string of the molecule is CCNC(=NCCCF)Nc1cccc(OCCCOC)c1. The lowest BCUT2D eigenvalue weighted by atomic mass is 10.3. The monoisotopic (exact) mass is 311 g/mol. The van der Waals surface area contributed by atoms with Crippen LogP contribution in [0.4, 0.5) is 10.1 Å². The minimum absolute atomic E-state index is 0.353. The smallest absolute Gasteiger partial charge is 0.195 e. The normalized spacial score (nSPS) is 11.3. The Kier molecular flexibility index (Phi) is 9.78. The van der Waals surface area contributed by atoms with Crippen molar-refractivity contribution in [1.29, 1.82) is 0 Å². The topological polar surface area (TPSA) is 54.9 Å². The number of halogens is 1. The molecule has 1 rings (SSSR count). The molecule has 0 atom stereocenters. The van der Waals surface area contributed by atoms with E-state index in [1.54, 1.807) is 7.11 Å². The standard InChI is InChI=1S/C16H26FN3O2/c1-3-18-16(19-10-5-9-17)20-14-7-4-8-15(13-14)22-12-6-11-21-2/h4,7-8,13H,3,5-6,9-12H2,1-2H3,(H2,18,19,20). The van der Waals surface area contributed by atoms with Gasteiger partial charge in [-0.25, -0.2) is 0 Å². The Labute approximate surface area is 131 Å². The zero-order chi connectivity index (χ0) is 16.0. The third kappa shape index (κ3) is 7.83. The first kappa shape index (κ1) is 18.2. The molecule has 0 fully saturated rings. The largest absolute Gasteiger partial charge is 0.493 e. The van der Waals surface area contributed by atoms with Crippen molar-refractivity contribution in [3.63, 3.8) is 0 Å². The summed E-state index contributed by atoms with van der Waals surface area (Å²) in [6.07, 6.45) is 1.28. The van der Waals surface area contributed by atoms with Gasteiger partial charge in [0.05, 0.1) is 13.3 Å². The molecule has 6 heteroatoms. The summed E-state index contributed by atoms with van der Waals surface area (Å²) in [6, 6.07) is 7.67. The number of rotatable bonds is 10. The minimum Gasteiger partial charge on any atom is -0.493 e. The van der Waals surface area contributed by atoms with Gasteiger partial charge in [-0.2, -0.15) is 0 Å². The molecule has 0 aliphatic rings.